The minimum absolute atomic E-state index is 0.0988. The molecule has 0 fully saturated rings. The molecule has 0 radical (unpaired) electrons. The van der Waals surface area contributed by atoms with Gasteiger partial charge in [-0.15, -0.1) is 0 Å². The van der Waals surface area contributed by atoms with Crippen LogP contribution in [-0.2, 0) is 19.1 Å². The Kier molecular flexibility index (Phi) is 4.55. The van der Waals surface area contributed by atoms with Gasteiger partial charge in [-0.05, 0) is 27.4 Å². The Morgan fingerprint density at radius 1 is 0.808 bits per heavy atom. The van der Waals surface area contributed by atoms with Gasteiger partial charge in [0.1, 0.15) is 0 Å². The Morgan fingerprint density at radius 2 is 1.27 bits per heavy atom. The standard InChI is InChI=1S/C22H34O4/c1-19(2,3)14-13-12(17(23)25-10)16(20(4,5)6)22(13,21(7,8)9)15(14)18(24)26-11/h13H,1-11H3/t13-,22+/m0/s1. The SMILES string of the molecule is COC(=O)C1=C(C(C)(C)C)[C@]2(C(C)(C)C)C(C(=O)OC)=C(C(C)(C)C)[C@H]12. The maximum atomic E-state index is 12.9. The van der Waals surface area contributed by atoms with Crippen LogP contribution in [0, 0.1) is 27.6 Å². The van der Waals surface area contributed by atoms with E-state index in [1.807, 2.05) is 0 Å². The quantitative estimate of drug-likeness (QED) is 0.669. The highest BCUT2D eigenvalue weighted by molar-refractivity contribution is 6.04. The fourth-order valence-corrected chi connectivity index (χ4v) is 5.24. The summed E-state index contributed by atoms with van der Waals surface area (Å²) in [6, 6.07) is 0. The Hall–Kier alpha value is -1.58. The Labute approximate surface area is 158 Å². The number of carbonyl (C=O) groups excluding carboxylic acids is 2. The van der Waals surface area contributed by atoms with Gasteiger partial charge >= 0.3 is 11.9 Å². The van der Waals surface area contributed by atoms with Crippen molar-refractivity contribution in [3.63, 3.8) is 0 Å². The molecule has 0 amide bonds. The number of rotatable bonds is 2. The second kappa shape index (κ2) is 5.71. The summed E-state index contributed by atoms with van der Waals surface area (Å²) in [5, 5.41) is 0. The van der Waals surface area contributed by atoms with Crippen LogP contribution in [0.1, 0.15) is 62.3 Å². The molecule has 0 saturated heterocycles. The van der Waals surface area contributed by atoms with Gasteiger partial charge in [-0.2, -0.15) is 0 Å². The van der Waals surface area contributed by atoms with Crippen LogP contribution in [-0.4, -0.2) is 26.2 Å². The van der Waals surface area contributed by atoms with E-state index in [0.717, 1.165) is 22.3 Å². The second-order valence-corrected chi connectivity index (χ2v) is 10.6. The normalized spacial score (nSPS) is 26.0. The molecule has 2 atom stereocenters. The molecule has 2 rings (SSSR count). The van der Waals surface area contributed by atoms with Crippen LogP contribution in [0.25, 0.3) is 0 Å². The predicted molar refractivity (Wildman–Crippen MR) is 102 cm³/mol. The third-order valence-corrected chi connectivity index (χ3v) is 5.87. The fraction of sp³-hybridized carbons (Fsp3) is 0.727. The van der Waals surface area contributed by atoms with Crippen molar-refractivity contribution in [1.29, 1.82) is 0 Å². The van der Waals surface area contributed by atoms with Gasteiger partial charge < -0.3 is 9.47 Å². The molecular formula is C22H34O4. The summed E-state index contributed by atoms with van der Waals surface area (Å²) in [6.07, 6.45) is 0. The monoisotopic (exact) mass is 362 g/mol. The largest absolute Gasteiger partial charge is 0.466 e. The fourth-order valence-electron chi connectivity index (χ4n) is 5.24. The van der Waals surface area contributed by atoms with Crippen molar-refractivity contribution >= 4 is 11.9 Å². The van der Waals surface area contributed by atoms with Crippen LogP contribution in [0.3, 0.4) is 0 Å². The summed E-state index contributed by atoms with van der Waals surface area (Å²) in [5.74, 6) is -0.671. The van der Waals surface area contributed by atoms with E-state index in [9.17, 15) is 9.59 Å². The zero-order valence-corrected chi connectivity index (χ0v) is 18.2. The molecular weight excluding hydrogens is 328 g/mol. The molecule has 0 heterocycles. The van der Waals surface area contributed by atoms with E-state index in [1.54, 1.807) is 0 Å². The minimum Gasteiger partial charge on any atom is -0.466 e. The number of methoxy groups -OCH3 is 2. The first kappa shape index (κ1) is 20.7. The lowest BCUT2D eigenvalue weighted by atomic mass is 9.31. The maximum absolute atomic E-state index is 12.9. The molecule has 4 heteroatoms. The van der Waals surface area contributed by atoms with E-state index in [1.165, 1.54) is 14.2 Å². The van der Waals surface area contributed by atoms with Crippen LogP contribution >= 0.6 is 0 Å². The average Bonchev–Trinajstić information content (AvgIpc) is 2.42. The van der Waals surface area contributed by atoms with Crippen molar-refractivity contribution in [2.75, 3.05) is 14.2 Å². The van der Waals surface area contributed by atoms with Gasteiger partial charge in [0.05, 0.1) is 14.2 Å². The molecule has 146 valence electrons. The van der Waals surface area contributed by atoms with Crippen LogP contribution in [0.2, 0.25) is 0 Å². The number of fused-ring (bicyclic) bond motifs is 1. The molecule has 0 aliphatic heterocycles. The maximum Gasteiger partial charge on any atom is 0.334 e. The van der Waals surface area contributed by atoms with E-state index < -0.39 is 5.41 Å². The number of carbonyl (C=O) groups is 2. The van der Waals surface area contributed by atoms with Gasteiger partial charge in [0.2, 0.25) is 0 Å². The number of esters is 2. The van der Waals surface area contributed by atoms with Crippen LogP contribution in [0.4, 0.5) is 0 Å². The molecule has 0 aromatic heterocycles. The average molecular weight is 363 g/mol. The van der Waals surface area contributed by atoms with Crippen LogP contribution < -0.4 is 0 Å². The first-order valence-corrected chi connectivity index (χ1v) is 9.25. The third kappa shape index (κ3) is 2.40. The molecule has 0 spiro atoms. The highest BCUT2D eigenvalue weighted by Crippen LogP contribution is 2.78. The Balaban J connectivity index is 2.92. The zero-order chi connectivity index (χ0) is 20.5. The van der Waals surface area contributed by atoms with E-state index in [-0.39, 0.29) is 34.1 Å². The molecule has 2 aliphatic rings. The van der Waals surface area contributed by atoms with Crippen molar-refractivity contribution in [2.24, 2.45) is 27.6 Å². The summed E-state index contributed by atoms with van der Waals surface area (Å²) in [4.78, 5) is 25.6. The number of hydrogen-bond donors (Lipinski definition) is 0. The van der Waals surface area contributed by atoms with Gasteiger partial charge in [0, 0.05) is 22.5 Å². The van der Waals surface area contributed by atoms with Crippen molar-refractivity contribution in [3.8, 4) is 0 Å². The predicted octanol–water partition coefficient (Wildman–Crippen LogP) is 4.69. The van der Waals surface area contributed by atoms with E-state index >= 15 is 0 Å². The molecule has 4 nitrogen and oxygen atoms in total. The van der Waals surface area contributed by atoms with Crippen molar-refractivity contribution in [3.05, 3.63) is 22.3 Å². The summed E-state index contributed by atoms with van der Waals surface area (Å²) in [5.41, 5.74) is 2.24. The summed E-state index contributed by atoms with van der Waals surface area (Å²) >= 11 is 0. The lowest BCUT2D eigenvalue weighted by Crippen LogP contribution is -2.67. The highest BCUT2D eigenvalue weighted by Gasteiger charge is 2.75. The summed E-state index contributed by atoms with van der Waals surface area (Å²) < 4.78 is 10.3. The highest BCUT2D eigenvalue weighted by atomic mass is 16.5. The van der Waals surface area contributed by atoms with Gasteiger partial charge in [0.15, 0.2) is 0 Å². The topological polar surface area (TPSA) is 52.6 Å². The Morgan fingerprint density at radius 3 is 1.58 bits per heavy atom. The van der Waals surface area contributed by atoms with E-state index in [0.29, 0.717) is 0 Å². The first-order valence-electron chi connectivity index (χ1n) is 9.25. The van der Waals surface area contributed by atoms with E-state index in [4.69, 9.17) is 9.47 Å². The lowest BCUT2D eigenvalue weighted by Gasteiger charge is -2.70. The van der Waals surface area contributed by atoms with Crippen LogP contribution in [0.15, 0.2) is 22.3 Å². The molecule has 0 saturated carbocycles. The van der Waals surface area contributed by atoms with Crippen molar-refractivity contribution < 1.29 is 19.1 Å². The molecule has 0 N–H and O–H groups in total. The summed E-state index contributed by atoms with van der Waals surface area (Å²) in [7, 11) is 2.85. The zero-order valence-electron chi connectivity index (χ0n) is 18.2. The van der Waals surface area contributed by atoms with Crippen LogP contribution in [0.5, 0.6) is 0 Å². The number of ether oxygens (including phenoxy) is 2. The minimum atomic E-state index is -0.496. The molecule has 0 bridgehead atoms. The Bertz CT molecular complexity index is 717. The molecule has 26 heavy (non-hydrogen) atoms. The van der Waals surface area contributed by atoms with Gasteiger partial charge in [-0.1, -0.05) is 62.3 Å². The van der Waals surface area contributed by atoms with Crippen molar-refractivity contribution in [2.45, 2.75) is 62.3 Å². The number of allylic oxidation sites excluding steroid dienone is 2. The smallest absolute Gasteiger partial charge is 0.334 e. The molecule has 2 aliphatic carbocycles. The first-order chi connectivity index (χ1) is 11.6. The lowest BCUT2D eigenvalue weighted by molar-refractivity contribution is -0.146. The summed E-state index contributed by atoms with van der Waals surface area (Å²) in [6.45, 7) is 19.0. The second-order valence-electron chi connectivity index (χ2n) is 10.6. The van der Waals surface area contributed by atoms with Crippen molar-refractivity contribution in [1.82, 2.24) is 0 Å². The molecule has 0 unspecified atom stereocenters. The van der Waals surface area contributed by atoms with Gasteiger partial charge in [-0.25, -0.2) is 9.59 Å². The van der Waals surface area contributed by atoms with Gasteiger partial charge in [0.25, 0.3) is 0 Å². The molecule has 0 aromatic rings. The van der Waals surface area contributed by atoms with E-state index in [2.05, 4.69) is 62.3 Å². The van der Waals surface area contributed by atoms with Gasteiger partial charge in [-0.3, -0.25) is 0 Å². The molecule has 0 aromatic carbocycles. The number of hydrogen-bond acceptors (Lipinski definition) is 4. The third-order valence-electron chi connectivity index (χ3n) is 5.87.